The van der Waals surface area contributed by atoms with E-state index in [0.717, 1.165) is 18.9 Å². The second kappa shape index (κ2) is 5.58. The zero-order valence-electron chi connectivity index (χ0n) is 8.58. The van der Waals surface area contributed by atoms with Gasteiger partial charge in [-0.2, -0.15) is 0 Å². The second-order valence-corrected chi connectivity index (χ2v) is 4.28. The molecule has 0 aromatic rings. The third kappa shape index (κ3) is 4.07. The Hall–Kier alpha value is -0.120. The highest BCUT2D eigenvalue weighted by molar-refractivity contribution is 4.74. The van der Waals surface area contributed by atoms with Crippen molar-refractivity contribution < 1.29 is 5.11 Å². The van der Waals surface area contributed by atoms with Crippen LogP contribution in [0.3, 0.4) is 0 Å². The van der Waals surface area contributed by atoms with Gasteiger partial charge in [0.2, 0.25) is 0 Å². The number of nitrogens with two attached hydrogens (primary N) is 1. The zero-order chi connectivity index (χ0) is 9.68. The number of aliphatic hydroxyl groups is 1. The van der Waals surface area contributed by atoms with Crippen molar-refractivity contribution in [2.24, 2.45) is 11.7 Å². The minimum absolute atomic E-state index is 0.148. The maximum absolute atomic E-state index is 8.72. The Balaban J connectivity index is 2.19. The van der Waals surface area contributed by atoms with Crippen LogP contribution in [0.2, 0.25) is 0 Å². The summed E-state index contributed by atoms with van der Waals surface area (Å²) in [6.07, 6.45) is 3.38. The summed E-state index contributed by atoms with van der Waals surface area (Å²) in [6, 6.07) is 0.148. The first-order valence-corrected chi connectivity index (χ1v) is 5.31. The van der Waals surface area contributed by atoms with Crippen LogP contribution >= 0.6 is 0 Å². The fourth-order valence-electron chi connectivity index (χ4n) is 2.04. The lowest BCUT2D eigenvalue weighted by atomic mass is 10.00. The number of piperidine rings is 1. The normalized spacial score (nSPS) is 27.5. The van der Waals surface area contributed by atoms with Crippen molar-refractivity contribution in [1.29, 1.82) is 0 Å². The fraction of sp³-hybridized carbons (Fsp3) is 1.00. The number of aliphatic hydroxyl groups excluding tert-OH is 1. The Morgan fingerprint density at radius 3 is 3.00 bits per heavy atom. The molecule has 3 nitrogen and oxygen atoms in total. The maximum atomic E-state index is 8.72. The molecule has 0 saturated carbocycles. The summed E-state index contributed by atoms with van der Waals surface area (Å²) in [5.41, 5.74) is 5.86. The molecule has 0 radical (unpaired) electrons. The molecule has 0 aliphatic carbocycles. The lowest BCUT2D eigenvalue weighted by Crippen LogP contribution is -2.42. The highest BCUT2D eigenvalue weighted by Gasteiger charge is 2.17. The second-order valence-electron chi connectivity index (χ2n) is 4.28. The van der Waals surface area contributed by atoms with Gasteiger partial charge in [-0.3, -0.25) is 0 Å². The molecule has 1 aliphatic heterocycles. The Morgan fingerprint density at radius 2 is 2.38 bits per heavy atom. The monoisotopic (exact) mass is 186 g/mol. The van der Waals surface area contributed by atoms with Gasteiger partial charge in [-0.15, -0.1) is 0 Å². The van der Waals surface area contributed by atoms with Gasteiger partial charge in [-0.05, 0) is 31.7 Å². The first-order valence-electron chi connectivity index (χ1n) is 5.31. The molecule has 1 heterocycles. The molecule has 0 aromatic heterocycles. The highest BCUT2D eigenvalue weighted by atomic mass is 16.3. The third-order valence-electron chi connectivity index (χ3n) is 2.73. The standard InChI is InChI=1S/C10H22N2O/c1-9-3-2-5-12(7-9)8-10(11)4-6-13/h9-10,13H,2-8,11H2,1H3. The number of nitrogens with zero attached hydrogens (tertiary/aromatic N) is 1. The van der Waals surface area contributed by atoms with Crippen LogP contribution in [0, 0.1) is 5.92 Å². The first kappa shape index (κ1) is 11.0. The van der Waals surface area contributed by atoms with Gasteiger partial charge in [0.05, 0.1) is 0 Å². The molecule has 0 spiro atoms. The zero-order valence-corrected chi connectivity index (χ0v) is 8.58. The number of hydrogen-bond donors (Lipinski definition) is 2. The van der Waals surface area contributed by atoms with E-state index >= 15 is 0 Å². The molecule has 13 heavy (non-hydrogen) atoms. The molecular weight excluding hydrogens is 164 g/mol. The van der Waals surface area contributed by atoms with Gasteiger partial charge < -0.3 is 15.7 Å². The number of hydrogen-bond acceptors (Lipinski definition) is 3. The third-order valence-corrected chi connectivity index (χ3v) is 2.73. The average molecular weight is 186 g/mol. The van der Waals surface area contributed by atoms with Crippen LogP contribution < -0.4 is 5.73 Å². The highest BCUT2D eigenvalue weighted by Crippen LogP contribution is 2.15. The van der Waals surface area contributed by atoms with Crippen LogP contribution in [0.1, 0.15) is 26.2 Å². The average Bonchev–Trinajstić information content (AvgIpc) is 2.04. The molecule has 1 saturated heterocycles. The van der Waals surface area contributed by atoms with Crippen molar-refractivity contribution in [1.82, 2.24) is 4.90 Å². The van der Waals surface area contributed by atoms with E-state index in [2.05, 4.69) is 11.8 Å². The van der Waals surface area contributed by atoms with E-state index in [1.54, 1.807) is 0 Å². The maximum Gasteiger partial charge on any atom is 0.0446 e. The summed E-state index contributed by atoms with van der Waals surface area (Å²) >= 11 is 0. The van der Waals surface area contributed by atoms with E-state index in [0.29, 0.717) is 0 Å². The minimum atomic E-state index is 0.148. The predicted octanol–water partition coefficient (Wildman–Crippen LogP) is 0.428. The van der Waals surface area contributed by atoms with E-state index in [1.807, 2.05) is 0 Å². The summed E-state index contributed by atoms with van der Waals surface area (Å²) in [7, 11) is 0. The fourth-order valence-corrected chi connectivity index (χ4v) is 2.04. The molecule has 0 amide bonds. The Kier molecular flexibility index (Phi) is 4.70. The van der Waals surface area contributed by atoms with Gasteiger partial charge in [0.25, 0.3) is 0 Å². The van der Waals surface area contributed by atoms with Gasteiger partial charge in [0, 0.05) is 25.7 Å². The van der Waals surface area contributed by atoms with Gasteiger partial charge in [-0.1, -0.05) is 6.92 Å². The van der Waals surface area contributed by atoms with Crippen molar-refractivity contribution in [3.05, 3.63) is 0 Å². The van der Waals surface area contributed by atoms with E-state index in [4.69, 9.17) is 10.8 Å². The van der Waals surface area contributed by atoms with E-state index in [9.17, 15) is 0 Å². The summed E-state index contributed by atoms with van der Waals surface area (Å²) in [4.78, 5) is 2.43. The SMILES string of the molecule is CC1CCCN(CC(N)CCO)C1. The lowest BCUT2D eigenvalue weighted by molar-refractivity contribution is 0.165. The van der Waals surface area contributed by atoms with Crippen LogP contribution in [0.4, 0.5) is 0 Å². The molecule has 3 N–H and O–H groups in total. The van der Waals surface area contributed by atoms with Crippen molar-refractivity contribution >= 4 is 0 Å². The minimum Gasteiger partial charge on any atom is -0.396 e. The molecule has 0 bridgehead atoms. The predicted molar refractivity (Wildman–Crippen MR) is 54.5 cm³/mol. The van der Waals surface area contributed by atoms with Crippen LogP contribution in [-0.2, 0) is 0 Å². The Bertz CT molecular complexity index is 141. The van der Waals surface area contributed by atoms with E-state index in [-0.39, 0.29) is 12.6 Å². The topological polar surface area (TPSA) is 49.5 Å². The molecule has 1 aliphatic rings. The van der Waals surface area contributed by atoms with Crippen LogP contribution in [0.5, 0.6) is 0 Å². The number of rotatable bonds is 4. The summed E-state index contributed by atoms with van der Waals surface area (Å²) in [5, 5.41) is 8.72. The Labute approximate surface area is 80.9 Å². The Morgan fingerprint density at radius 1 is 1.62 bits per heavy atom. The van der Waals surface area contributed by atoms with Gasteiger partial charge in [0.15, 0.2) is 0 Å². The van der Waals surface area contributed by atoms with Crippen LogP contribution in [-0.4, -0.2) is 42.3 Å². The lowest BCUT2D eigenvalue weighted by Gasteiger charge is -2.32. The van der Waals surface area contributed by atoms with Crippen LogP contribution in [0.25, 0.3) is 0 Å². The molecule has 3 heteroatoms. The first-order chi connectivity index (χ1) is 6.22. The van der Waals surface area contributed by atoms with Gasteiger partial charge in [0.1, 0.15) is 0 Å². The van der Waals surface area contributed by atoms with Crippen molar-refractivity contribution in [2.45, 2.75) is 32.2 Å². The quantitative estimate of drug-likeness (QED) is 0.669. The molecule has 2 unspecified atom stereocenters. The molecule has 1 rings (SSSR count). The van der Waals surface area contributed by atoms with Crippen molar-refractivity contribution in [3.8, 4) is 0 Å². The van der Waals surface area contributed by atoms with Gasteiger partial charge >= 0.3 is 0 Å². The van der Waals surface area contributed by atoms with Crippen molar-refractivity contribution in [2.75, 3.05) is 26.2 Å². The molecular formula is C10H22N2O. The summed E-state index contributed by atoms with van der Waals surface area (Å²) in [6.45, 7) is 5.82. The number of likely N-dealkylation sites (tertiary alicyclic amines) is 1. The smallest absolute Gasteiger partial charge is 0.0446 e. The largest absolute Gasteiger partial charge is 0.396 e. The summed E-state index contributed by atoms with van der Waals surface area (Å²) < 4.78 is 0. The van der Waals surface area contributed by atoms with Crippen LogP contribution in [0.15, 0.2) is 0 Å². The molecule has 78 valence electrons. The molecule has 0 aromatic carbocycles. The van der Waals surface area contributed by atoms with E-state index < -0.39 is 0 Å². The van der Waals surface area contributed by atoms with Gasteiger partial charge in [-0.25, -0.2) is 0 Å². The summed E-state index contributed by atoms with van der Waals surface area (Å²) in [5.74, 6) is 0.815. The van der Waals surface area contributed by atoms with Crippen molar-refractivity contribution in [3.63, 3.8) is 0 Å². The molecule has 1 fully saturated rings. The molecule has 2 atom stereocenters. The van der Waals surface area contributed by atoms with E-state index in [1.165, 1.54) is 25.9 Å².